The van der Waals surface area contributed by atoms with Gasteiger partial charge in [-0.1, -0.05) is 89.6 Å². The average Bonchev–Trinajstić information content (AvgIpc) is 3.25. The van der Waals surface area contributed by atoms with Gasteiger partial charge in [0.2, 0.25) is 11.8 Å². The van der Waals surface area contributed by atoms with Crippen molar-refractivity contribution in [2.75, 3.05) is 11.3 Å². The zero-order chi connectivity index (χ0) is 37.2. The quantitative estimate of drug-likeness (QED) is 0.288. The number of allylic oxidation sites excluding steroid dienone is 5. The molecule has 2 aromatic carbocycles. The lowest BCUT2D eigenvalue weighted by Gasteiger charge is -2.41. The van der Waals surface area contributed by atoms with Gasteiger partial charge in [0.1, 0.15) is 6.61 Å². The first-order valence-electron chi connectivity index (χ1n) is 18.4. The summed E-state index contributed by atoms with van der Waals surface area (Å²) < 4.78 is 36.9. The van der Waals surface area contributed by atoms with Crippen LogP contribution in [-0.2, 0) is 10.0 Å². The van der Waals surface area contributed by atoms with Gasteiger partial charge in [0.25, 0.3) is 15.9 Å². The average molecular weight is 722 g/mol. The second-order valence-electron chi connectivity index (χ2n) is 15.6. The van der Waals surface area contributed by atoms with Gasteiger partial charge in [0.15, 0.2) is 0 Å². The molecule has 1 aromatic heterocycles. The molecule has 0 saturated carbocycles. The summed E-state index contributed by atoms with van der Waals surface area (Å²) in [6.45, 7) is 15.1. The maximum Gasteiger partial charge on any atom is 0.264 e. The molecule has 1 saturated heterocycles. The number of anilines is 1. The van der Waals surface area contributed by atoms with E-state index in [1.165, 1.54) is 12.1 Å². The molecule has 4 bridgehead atoms. The second-order valence-corrected chi connectivity index (χ2v) is 17.3. The standard InChI is InChI=1S/C42H51N5O4S/c1-27(2)33-18-12-20-36(34-19-9-8-15-30(25-43-34)21-22-42(5,6)7)47-37(33)26-51-38-24-35(39-28(3)13-10-14-29(39)4)44-41(45-38)46-52(49,50)32-17-11-16-31(23-32)40(47)48/h10-11,13-17,19,21-25,27,33,36-37H,8-9,12,18,20,26H2,1-7H3,(H,44,45,46)/b22-21?,30-15-,34-19-,43-25+/t33-,36-,37-/m0/s1. The highest BCUT2D eigenvalue weighted by atomic mass is 32.2. The van der Waals surface area contributed by atoms with Gasteiger partial charge in [-0.25, -0.2) is 18.1 Å². The van der Waals surface area contributed by atoms with Crippen LogP contribution in [0.4, 0.5) is 5.95 Å². The molecular weight excluding hydrogens is 671 g/mol. The first-order chi connectivity index (χ1) is 24.7. The minimum absolute atomic E-state index is 0.0300. The van der Waals surface area contributed by atoms with Crippen LogP contribution >= 0.6 is 0 Å². The molecule has 3 atom stereocenters. The third kappa shape index (κ3) is 8.38. The Labute approximate surface area is 309 Å². The normalized spacial score (nSPS) is 25.0. The molecule has 274 valence electrons. The number of amides is 1. The van der Waals surface area contributed by atoms with Crippen LogP contribution in [0.1, 0.15) is 88.2 Å². The van der Waals surface area contributed by atoms with Crippen molar-refractivity contribution in [3.8, 4) is 17.1 Å². The molecule has 4 heterocycles. The van der Waals surface area contributed by atoms with E-state index in [0.717, 1.165) is 60.1 Å². The van der Waals surface area contributed by atoms with E-state index in [2.05, 4.69) is 73.6 Å². The van der Waals surface area contributed by atoms with Crippen LogP contribution in [0.3, 0.4) is 0 Å². The first-order valence-corrected chi connectivity index (χ1v) is 19.9. The maximum absolute atomic E-state index is 15.0. The molecule has 3 aliphatic heterocycles. The van der Waals surface area contributed by atoms with E-state index < -0.39 is 10.0 Å². The van der Waals surface area contributed by atoms with Crippen molar-refractivity contribution in [2.24, 2.45) is 22.2 Å². The Morgan fingerprint density at radius 3 is 2.44 bits per heavy atom. The SMILES string of the molecule is Cc1cccc(C)c1-c1cc2nc(n1)NS(=O)(=O)c1cccc(c1)C(=O)N1[C@H](C3=C\CC\C=C(C=CC(C)(C)C)/C=N/3)CCC[C@@H](C(C)C)[C@@H]1CO2. The van der Waals surface area contributed by atoms with E-state index in [0.29, 0.717) is 5.69 Å². The Morgan fingerprint density at radius 2 is 1.71 bits per heavy atom. The van der Waals surface area contributed by atoms with Gasteiger partial charge in [0, 0.05) is 23.4 Å². The number of aryl methyl sites for hydroxylation is 2. The fourth-order valence-corrected chi connectivity index (χ4v) is 8.47. The molecule has 52 heavy (non-hydrogen) atoms. The highest BCUT2D eigenvalue weighted by Gasteiger charge is 2.42. The van der Waals surface area contributed by atoms with E-state index >= 15 is 0 Å². The topological polar surface area (TPSA) is 114 Å². The zero-order valence-corrected chi connectivity index (χ0v) is 32.2. The van der Waals surface area contributed by atoms with Crippen LogP contribution in [0.25, 0.3) is 11.3 Å². The predicted molar refractivity (Wildman–Crippen MR) is 208 cm³/mol. The fourth-order valence-electron chi connectivity index (χ4n) is 7.48. The van der Waals surface area contributed by atoms with Crippen molar-refractivity contribution in [1.29, 1.82) is 0 Å². The van der Waals surface area contributed by atoms with Crippen molar-refractivity contribution >= 4 is 28.1 Å². The van der Waals surface area contributed by atoms with E-state index in [9.17, 15) is 13.2 Å². The third-order valence-corrected chi connectivity index (χ3v) is 11.5. The third-order valence-electron chi connectivity index (χ3n) is 10.1. The maximum atomic E-state index is 15.0. The molecule has 9 nitrogen and oxygen atoms in total. The highest BCUT2D eigenvalue weighted by molar-refractivity contribution is 7.92. The van der Waals surface area contributed by atoms with E-state index in [4.69, 9.17) is 9.73 Å². The van der Waals surface area contributed by atoms with Crippen molar-refractivity contribution in [1.82, 2.24) is 14.9 Å². The predicted octanol–water partition coefficient (Wildman–Crippen LogP) is 8.87. The van der Waals surface area contributed by atoms with Gasteiger partial charge in [-0.15, -0.1) is 0 Å². The van der Waals surface area contributed by atoms with Crippen LogP contribution < -0.4 is 9.46 Å². The lowest BCUT2D eigenvalue weighted by molar-refractivity contribution is 0.0378. The van der Waals surface area contributed by atoms with Crippen molar-refractivity contribution in [2.45, 2.75) is 97.5 Å². The number of benzene rings is 2. The van der Waals surface area contributed by atoms with Gasteiger partial charge in [-0.2, -0.15) is 4.98 Å². The number of aromatic nitrogens is 2. The zero-order valence-electron chi connectivity index (χ0n) is 31.4. The molecule has 1 N–H and O–H groups in total. The molecule has 0 aliphatic carbocycles. The van der Waals surface area contributed by atoms with Crippen LogP contribution in [0.5, 0.6) is 5.88 Å². The van der Waals surface area contributed by atoms with Crippen LogP contribution in [0.15, 0.2) is 94.0 Å². The largest absolute Gasteiger partial charge is 0.475 e. The van der Waals surface area contributed by atoms with Crippen LogP contribution in [0.2, 0.25) is 0 Å². The van der Waals surface area contributed by atoms with Crippen molar-refractivity contribution in [3.63, 3.8) is 0 Å². The molecule has 3 aliphatic rings. The van der Waals surface area contributed by atoms with Gasteiger partial charge < -0.3 is 9.64 Å². The Bertz CT molecular complexity index is 2040. The summed E-state index contributed by atoms with van der Waals surface area (Å²) in [4.78, 5) is 31.2. The van der Waals surface area contributed by atoms with Gasteiger partial charge >= 0.3 is 0 Å². The monoisotopic (exact) mass is 721 g/mol. The number of hydrogen-bond donors (Lipinski definition) is 1. The molecular formula is C42H51N5O4S. The summed E-state index contributed by atoms with van der Waals surface area (Å²) in [6, 6.07) is 13.3. The molecule has 3 aromatic rings. The molecule has 0 unspecified atom stereocenters. The molecule has 10 heteroatoms. The highest BCUT2D eigenvalue weighted by Crippen LogP contribution is 2.38. The molecule has 0 radical (unpaired) electrons. The second kappa shape index (κ2) is 15.2. The Hall–Kier alpha value is -4.57. The lowest BCUT2D eigenvalue weighted by atomic mass is 9.84. The first kappa shape index (κ1) is 37.2. The van der Waals surface area contributed by atoms with Gasteiger partial charge in [0.05, 0.1) is 28.4 Å². The van der Waals surface area contributed by atoms with Crippen molar-refractivity contribution in [3.05, 3.63) is 101 Å². The van der Waals surface area contributed by atoms with Crippen LogP contribution in [-0.4, -0.2) is 54.1 Å². The number of hydrogen-bond acceptors (Lipinski definition) is 7. The molecule has 6 rings (SSSR count). The van der Waals surface area contributed by atoms with E-state index in [-0.39, 0.29) is 64.1 Å². The molecule has 1 fully saturated rings. The number of carbonyl (C=O) groups is 1. The summed E-state index contributed by atoms with van der Waals surface area (Å²) >= 11 is 0. The number of rotatable bonds is 4. The number of carbonyl (C=O) groups excluding carboxylic acids is 1. The number of ether oxygens (including phenoxy) is 1. The number of fused-ring (bicyclic) bond motifs is 5. The van der Waals surface area contributed by atoms with Crippen molar-refractivity contribution < 1.29 is 17.9 Å². The number of sulfonamides is 1. The van der Waals surface area contributed by atoms with E-state index in [1.54, 1.807) is 18.2 Å². The minimum atomic E-state index is -4.18. The van der Waals surface area contributed by atoms with Gasteiger partial charge in [-0.05, 0) is 91.7 Å². The number of nitrogens with zero attached hydrogens (tertiary/aromatic N) is 4. The summed E-state index contributed by atoms with van der Waals surface area (Å²) in [5.41, 5.74) is 5.61. The Morgan fingerprint density at radius 1 is 0.981 bits per heavy atom. The summed E-state index contributed by atoms with van der Waals surface area (Å²) in [5, 5.41) is 0. The smallest absolute Gasteiger partial charge is 0.264 e. The molecule has 1 amide bonds. The Kier molecular flexibility index (Phi) is 10.9. The number of nitrogens with one attached hydrogen (secondary N) is 1. The lowest BCUT2D eigenvalue weighted by Crippen LogP contribution is -2.53. The molecule has 0 spiro atoms. The Balaban J connectivity index is 1.50. The summed E-state index contributed by atoms with van der Waals surface area (Å²) in [6.07, 6.45) is 14.7. The fraction of sp³-hybridized carbons (Fsp3) is 0.429. The number of aliphatic imine (C=N–C) groups is 1. The summed E-state index contributed by atoms with van der Waals surface area (Å²) in [5.74, 6) is 0.228. The van der Waals surface area contributed by atoms with E-state index in [1.807, 2.05) is 43.2 Å². The summed E-state index contributed by atoms with van der Waals surface area (Å²) in [7, 11) is -4.18. The minimum Gasteiger partial charge on any atom is -0.475 e. The van der Waals surface area contributed by atoms with Crippen LogP contribution in [0, 0.1) is 31.1 Å². The van der Waals surface area contributed by atoms with Gasteiger partial charge in [-0.3, -0.25) is 9.79 Å².